The second-order valence-corrected chi connectivity index (χ2v) is 6.24. The Morgan fingerprint density at radius 1 is 1.25 bits per heavy atom. The van der Waals surface area contributed by atoms with E-state index in [-0.39, 0.29) is 5.82 Å². The van der Waals surface area contributed by atoms with E-state index in [9.17, 15) is 4.39 Å². The van der Waals surface area contributed by atoms with Crippen LogP contribution in [0.5, 0.6) is 5.75 Å². The fourth-order valence-electron chi connectivity index (χ4n) is 2.58. The minimum absolute atomic E-state index is 0.179. The second kappa shape index (κ2) is 5.99. The van der Waals surface area contributed by atoms with Crippen molar-refractivity contribution in [1.29, 1.82) is 0 Å². The predicted octanol–water partition coefficient (Wildman–Crippen LogP) is 4.82. The number of benzene rings is 1. The monoisotopic (exact) mass is 274 g/mol. The average Bonchev–Trinajstić information content (AvgIpc) is 3.19. The van der Waals surface area contributed by atoms with Crippen molar-refractivity contribution in [2.75, 3.05) is 6.61 Å². The molecule has 20 heavy (non-hydrogen) atoms. The zero-order valence-electron chi connectivity index (χ0n) is 12.2. The van der Waals surface area contributed by atoms with Crippen molar-refractivity contribution in [3.05, 3.63) is 41.2 Å². The topological polar surface area (TPSA) is 9.23 Å². The smallest absolute Gasteiger partial charge is 0.168 e. The minimum atomic E-state index is -0.179. The molecule has 3 rings (SSSR count). The molecule has 0 aromatic heterocycles. The van der Waals surface area contributed by atoms with Crippen molar-refractivity contribution in [3.8, 4) is 5.75 Å². The summed E-state index contributed by atoms with van der Waals surface area (Å²) in [6.07, 6.45) is 11.6. The van der Waals surface area contributed by atoms with Gasteiger partial charge in [0.25, 0.3) is 0 Å². The van der Waals surface area contributed by atoms with E-state index < -0.39 is 0 Å². The molecular weight excluding hydrogens is 251 g/mol. The fourth-order valence-corrected chi connectivity index (χ4v) is 2.58. The van der Waals surface area contributed by atoms with Crippen molar-refractivity contribution < 1.29 is 9.13 Å². The van der Waals surface area contributed by atoms with Crippen LogP contribution in [-0.4, -0.2) is 6.61 Å². The Morgan fingerprint density at radius 2 is 2.05 bits per heavy atom. The maximum atomic E-state index is 14.3. The molecule has 0 unspecified atom stereocenters. The number of hydrogen-bond acceptors (Lipinski definition) is 1. The van der Waals surface area contributed by atoms with E-state index in [1.54, 1.807) is 6.07 Å². The molecule has 0 atom stereocenters. The summed E-state index contributed by atoms with van der Waals surface area (Å²) in [5, 5.41) is 0. The summed E-state index contributed by atoms with van der Waals surface area (Å²) in [6, 6.07) is 3.80. The molecule has 1 aromatic carbocycles. The van der Waals surface area contributed by atoms with Crippen LogP contribution >= 0.6 is 0 Å². The van der Waals surface area contributed by atoms with Gasteiger partial charge in [0, 0.05) is 0 Å². The summed E-state index contributed by atoms with van der Waals surface area (Å²) >= 11 is 0. The molecule has 2 aliphatic carbocycles. The van der Waals surface area contributed by atoms with E-state index in [1.165, 1.54) is 32.1 Å². The van der Waals surface area contributed by atoms with Crippen molar-refractivity contribution in [2.24, 2.45) is 11.8 Å². The third-order valence-electron chi connectivity index (χ3n) is 4.53. The molecule has 0 aliphatic heterocycles. The van der Waals surface area contributed by atoms with Crippen LogP contribution in [-0.2, 0) is 6.42 Å². The molecule has 0 amide bonds. The van der Waals surface area contributed by atoms with Gasteiger partial charge >= 0.3 is 0 Å². The number of hydrogen-bond donors (Lipinski definition) is 0. The van der Waals surface area contributed by atoms with E-state index in [4.69, 9.17) is 4.74 Å². The highest BCUT2D eigenvalue weighted by molar-refractivity contribution is 5.38. The number of ether oxygens (including phenoxy) is 1. The number of allylic oxidation sites excluding steroid dienone is 2. The first-order valence-corrected chi connectivity index (χ1v) is 7.81. The fraction of sp³-hybridized carbons (Fsp3) is 0.556. The third-order valence-corrected chi connectivity index (χ3v) is 4.53. The lowest BCUT2D eigenvalue weighted by molar-refractivity contribution is 0.175. The Labute approximate surface area is 120 Å². The lowest BCUT2D eigenvalue weighted by Gasteiger charge is -2.25. The SMILES string of the molecule is Cc1c(C/C=C/C2CC2)ccc(OCC2CCC2)c1F. The molecule has 0 spiro atoms. The first-order chi connectivity index (χ1) is 9.74. The van der Waals surface area contributed by atoms with Crippen LogP contribution in [0.3, 0.4) is 0 Å². The van der Waals surface area contributed by atoms with Gasteiger partial charge in [-0.15, -0.1) is 0 Å². The summed E-state index contributed by atoms with van der Waals surface area (Å²) in [7, 11) is 0. The van der Waals surface area contributed by atoms with E-state index in [0.717, 1.165) is 23.5 Å². The molecule has 0 saturated heterocycles. The van der Waals surface area contributed by atoms with Gasteiger partial charge in [-0.2, -0.15) is 0 Å². The summed E-state index contributed by atoms with van der Waals surface area (Å²) in [4.78, 5) is 0. The van der Waals surface area contributed by atoms with Gasteiger partial charge in [-0.3, -0.25) is 0 Å². The molecule has 108 valence electrons. The zero-order chi connectivity index (χ0) is 13.9. The molecule has 0 bridgehead atoms. The quantitative estimate of drug-likeness (QED) is 0.676. The van der Waals surface area contributed by atoms with Crippen LogP contribution in [0.25, 0.3) is 0 Å². The van der Waals surface area contributed by atoms with E-state index >= 15 is 0 Å². The van der Waals surface area contributed by atoms with Crippen molar-refractivity contribution in [2.45, 2.75) is 45.4 Å². The summed E-state index contributed by atoms with van der Waals surface area (Å²) < 4.78 is 19.9. The second-order valence-electron chi connectivity index (χ2n) is 6.24. The van der Waals surface area contributed by atoms with Gasteiger partial charge in [-0.1, -0.05) is 24.6 Å². The lowest BCUT2D eigenvalue weighted by atomic mass is 9.86. The van der Waals surface area contributed by atoms with Crippen molar-refractivity contribution >= 4 is 0 Å². The Balaban J connectivity index is 1.61. The molecule has 2 saturated carbocycles. The Hall–Kier alpha value is -1.31. The Bertz CT molecular complexity index is 498. The third kappa shape index (κ3) is 3.23. The molecule has 2 heteroatoms. The first kappa shape index (κ1) is 13.7. The Morgan fingerprint density at radius 3 is 2.70 bits per heavy atom. The van der Waals surface area contributed by atoms with Gasteiger partial charge in [-0.05, 0) is 68.1 Å². The number of rotatable bonds is 6. The van der Waals surface area contributed by atoms with Gasteiger partial charge in [0.15, 0.2) is 11.6 Å². The molecule has 0 heterocycles. The van der Waals surface area contributed by atoms with Gasteiger partial charge in [0.05, 0.1) is 6.61 Å². The standard InChI is InChI=1S/C18H23FO/c1-13-16(7-3-4-14-8-9-14)10-11-17(18(13)19)20-12-15-5-2-6-15/h3-4,10-11,14-15H,2,5-9,12H2,1H3/b4-3+. The maximum absolute atomic E-state index is 14.3. The highest BCUT2D eigenvalue weighted by Gasteiger charge is 2.19. The van der Waals surface area contributed by atoms with Gasteiger partial charge in [-0.25, -0.2) is 4.39 Å². The normalized spacial score (nSPS) is 19.3. The minimum Gasteiger partial charge on any atom is -0.490 e. The highest BCUT2D eigenvalue weighted by Crippen LogP contribution is 2.31. The zero-order valence-corrected chi connectivity index (χ0v) is 12.2. The summed E-state index contributed by atoms with van der Waals surface area (Å²) in [5.74, 6) is 1.66. The lowest BCUT2D eigenvalue weighted by Crippen LogP contribution is -2.19. The van der Waals surface area contributed by atoms with Gasteiger partial charge < -0.3 is 4.74 Å². The maximum Gasteiger partial charge on any atom is 0.168 e. The first-order valence-electron chi connectivity index (χ1n) is 7.81. The Kier molecular flexibility index (Phi) is 4.09. The molecule has 0 N–H and O–H groups in total. The van der Waals surface area contributed by atoms with E-state index in [2.05, 4.69) is 12.2 Å². The summed E-state index contributed by atoms with van der Waals surface area (Å²) in [5.41, 5.74) is 1.80. The van der Waals surface area contributed by atoms with Gasteiger partial charge in [0.1, 0.15) is 0 Å². The molecule has 2 aliphatic rings. The van der Waals surface area contributed by atoms with Crippen molar-refractivity contribution in [1.82, 2.24) is 0 Å². The highest BCUT2D eigenvalue weighted by atomic mass is 19.1. The molecule has 1 nitrogen and oxygen atoms in total. The molecule has 0 radical (unpaired) electrons. The van der Waals surface area contributed by atoms with Gasteiger partial charge in [0.2, 0.25) is 0 Å². The van der Waals surface area contributed by atoms with Crippen LogP contribution in [0, 0.1) is 24.6 Å². The largest absolute Gasteiger partial charge is 0.490 e. The predicted molar refractivity (Wildman–Crippen MR) is 79.5 cm³/mol. The van der Waals surface area contributed by atoms with Crippen LogP contribution in [0.4, 0.5) is 4.39 Å². The molecular formula is C18H23FO. The summed E-state index contributed by atoms with van der Waals surface area (Å²) in [6.45, 7) is 2.52. The molecule has 2 fully saturated rings. The average molecular weight is 274 g/mol. The van der Waals surface area contributed by atoms with Crippen LogP contribution in [0.15, 0.2) is 24.3 Å². The van der Waals surface area contributed by atoms with E-state index in [0.29, 0.717) is 18.3 Å². The van der Waals surface area contributed by atoms with Crippen LogP contribution in [0.1, 0.15) is 43.2 Å². The van der Waals surface area contributed by atoms with Crippen LogP contribution < -0.4 is 4.74 Å². The molecule has 1 aromatic rings. The van der Waals surface area contributed by atoms with Crippen molar-refractivity contribution in [3.63, 3.8) is 0 Å². The number of halogens is 1. The van der Waals surface area contributed by atoms with E-state index in [1.807, 2.05) is 13.0 Å². The van der Waals surface area contributed by atoms with Crippen LogP contribution in [0.2, 0.25) is 0 Å².